The van der Waals surface area contributed by atoms with Crippen molar-refractivity contribution in [3.8, 4) is 0 Å². The molecule has 0 saturated heterocycles. The van der Waals surface area contributed by atoms with E-state index >= 15 is 0 Å². The average Bonchev–Trinajstić information content (AvgIpc) is 2.53. The van der Waals surface area contributed by atoms with Crippen LogP contribution in [-0.4, -0.2) is 28.9 Å². The summed E-state index contributed by atoms with van der Waals surface area (Å²) >= 11 is 0. The number of amides is 1. The van der Waals surface area contributed by atoms with E-state index in [0.29, 0.717) is 0 Å². The van der Waals surface area contributed by atoms with Gasteiger partial charge in [0.05, 0.1) is 5.69 Å². The Balaban J connectivity index is 2.08. The van der Waals surface area contributed by atoms with Crippen LogP contribution in [0.2, 0.25) is 0 Å². The van der Waals surface area contributed by atoms with Crippen molar-refractivity contribution in [3.63, 3.8) is 0 Å². The summed E-state index contributed by atoms with van der Waals surface area (Å²) in [5.74, 6) is 0. The molecule has 0 aromatic heterocycles. The maximum atomic E-state index is 11.9. The summed E-state index contributed by atoms with van der Waals surface area (Å²) in [7, 11) is -2.14. The minimum absolute atomic E-state index is 0.00209. The van der Waals surface area contributed by atoms with E-state index < -0.39 is 18.9 Å². The largest absolute Gasteiger partial charge is 0.532 e. The van der Waals surface area contributed by atoms with Crippen LogP contribution < -0.4 is 5.32 Å². The summed E-state index contributed by atoms with van der Waals surface area (Å²) in [4.78, 5) is 23.6. The molecule has 0 bridgehead atoms. The Morgan fingerprint density at radius 1 is 1.13 bits per heavy atom. The Morgan fingerprint density at radius 3 is 2.48 bits per heavy atom. The normalized spacial score (nSPS) is 10.0. The number of hydrogen-bond acceptors (Lipinski definition) is 5. The van der Waals surface area contributed by atoms with E-state index in [-0.39, 0.29) is 17.9 Å². The van der Waals surface area contributed by atoms with Gasteiger partial charge in [-0.05, 0) is 30.2 Å². The smallest absolute Gasteiger partial charge is 0.444 e. The zero-order chi connectivity index (χ0) is 16.8. The second-order valence-electron chi connectivity index (χ2n) is 4.97. The van der Waals surface area contributed by atoms with Crippen LogP contribution in [0.25, 0.3) is 0 Å². The predicted octanol–water partition coefficient (Wildman–Crippen LogP) is 1.94. The molecule has 3 N–H and O–H groups in total. The zero-order valence-corrected chi connectivity index (χ0v) is 12.5. The van der Waals surface area contributed by atoms with Crippen LogP contribution >= 0.6 is 0 Å². The van der Waals surface area contributed by atoms with Crippen molar-refractivity contribution >= 4 is 24.6 Å². The number of carbonyl (C=O) groups is 2. The summed E-state index contributed by atoms with van der Waals surface area (Å²) in [6.07, 6.45) is -0.735. The average molecular weight is 313 g/mol. The highest BCUT2D eigenvalue weighted by molar-refractivity contribution is 6.82. The predicted molar refractivity (Wildman–Crippen MR) is 86.0 cm³/mol. The molecular weight excluding hydrogens is 297 g/mol. The number of hydrogen-bond donors (Lipinski definition) is 3. The lowest BCUT2D eigenvalue weighted by molar-refractivity contribution is 0.103. The molecular formula is C16H16BNO5. The fourth-order valence-electron chi connectivity index (χ4n) is 1.98. The molecule has 0 heterocycles. The molecule has 0 saturated carbocycles. The van der Waals surface area contributed by atoms with Gasteiger partial charge >= 0.3 is 13.2 Å². The second kappa shape index (κ2) is 7.57. The molecule has 0 unspecified atom stereocenters. The molecule has 2 rings (SSSR count). The third-order valence-electron chi connectivity index (χ3n) is 3.12. The fourth-order valence-corrected chi connectivity index (χ4v) is 1.98. The van der Waals surface area contributed by atoms with Gasteiger partial charge < -0.3 is 14.8 Å². The van der Waals surface area contributed by atoms with Crippen molar-refractivity contribution in [2.75, 3.05) is 5.32 Å². The number of aryl methyl sites for hydroxylation is 1. The van der Waals surface area contributed by atoms with Crippen LogP contribution in [0.3, 0.4) is 0 Å². The lowest BCUT2D eigenvalue weighted by atomic mass is 9.79. The third-order valence-corrected chi connectivity index (χ3v) is 3.12. The standard InChI is InChI=1S/C16H16BNO5/c1-11-7-8-13(15(19)17(21)22)14(9-11)18-16(20)23-10-12-5-3-2-4-6-12/h2-9,21-22H,10H2,1H3,(H,18,20). The van der Waals surface area contributed by atoms with Gasteiger partial charge in [-0.2, -0.15) is 0 Å². The van der Waals surface area contributed by atoms with Gasteiger partial charge in [0.15, 0.2) is 5.68 Å². The summed E-state index contributed by atoms with van der Waals surface area (Å²) in [6, 6.07) is 13.8. The van der Waals surface area contributed by atoms with Gasteiger partial charge in [-0.1, -0.05) is 36.4 Å². The van der Waals surface area contributed by atoms with Crippen LogP contribution in [0.5, 0.6) is 0 Å². The third kappa shape index (κ3) is 4.67. The lowest BCUT2D eigenvalue weighted by Crippen LogP contribution is -2.27. The minimum Gasteiger partial charge on any atom is -0.444 e. The fraction of sp³-hybridized carbons (Fsp3) is 0.125. The molecule has 0 atom stereocenters. The first kappa shape index (κ1) is 16.7. The Labute approximate surface area is 133 Å². The van der Waals surface area contributed by atoms with Crippen molar-refractivity contribution in [1.82, 2.24) is 0 Å². The van der Waals surface area contributed by atoms with Crippen LogP contribution in [0.15, 0.2) is 48.5 Å². The van der Waals surface area contributed by atoms with Gasteiger partial charge in [0.2, 0.25) is 0 Å². The topological polar surface area (TPSA) is 95.9 Å². The molecule has 1 amide bonds. The molecule has 0 aliphatic carbocycles. The van der Waals surface area contributed by atoms with Crippen molar-refractivity contribution in [1.29, 1.82) is 0 Å². The van der Waals surface area contributed by atoms with Crippen LogP contribution in [0.1, 0.15) is 21.5 Å². The van der Waals surface area contributed by atoms with Crippen molar-refractivity contribution in [2.45, 2.75) is 13.5 Å². The van der Waals surface area contributed by atoms with Crippen LogP contribution in [0, 0.1) is 6.92 Å². The minimum atomic E-state index is -2.14. The first-order valence-corrected chi connectivity index (χ1v) is 6.96. The van der Waals surface area contributed by atoms with E-state index in [0.717, 1.165) is 11.1 Å². The van der Waals surface area contributed by atoms with E-state index in [1.54, 1.807) is 19.1 Å². The quantitative estimate of drug-likeness (QED) is 0.733. The van der Waals surface area contributed by atoms with Crippen molar-refractivity contribution in [3.05, 3.63) is 65.2 Å². The molecule has 0 radical (unpaired) electrons. The van der Waals surface area contributed by atoms with Gasteiger partial charge in [-0.25, -0.2) is 4.79 Å². The number of benzene rings is 2. The van der Waals surface area contributed by atoms with Crippen molar-refractivity contribution < 1.29 is 24.4 Å². The highest BCUT2D eigenvalue weighted by atomic mass is 16.5. The Bertz CT molecular complexity index is 703. The van der Waals surface area contributed by atoms with Gasteiger partial charge in [-0.15, -0.1) is 0 Å². The van der Waals surface area contributed by atoms with E-state index in [1.807, 2.05) is 30.3 Å². The molecule has 2 aromatic rings. The molecule has 6 nitrogen and oxygen atoms in total. The first-order chi connectivity index (χ1) is 11.0. The molecule has 0 aliphatic heterocycles. The summed E-state index contributed by atoms with van der Waals surface area (Å²) < 4.78 is 5.08. The molecule has 2 aromatic carbocycles. The Kier molecular flexibility index (Phi) is 5.51. The maximum Gasteiger partial charge on any atom is 0.532 e. The van der Waals surface area contributed by atoms with E-state index in [4.69, 9.17) is 14.8 Å². The number of rotatable bonds is 5. The molecule has 23 heavy (non-hydrogen) atoms. The van der Waals surface area contributed by atoms with E-state index in [9.17, 15) is 9.59 Å². The lowest BCUT2D eigenvalue weighted by Gasteiger charge is -2.11. The summed E-state index contributed by atoms with van der Waals surface area (Å²) in [5.41, 5.74) is 0.896. The second-order valence-corrected chi connectivity index (χ2v) is 4.97. The molecule has 7 heteroatoms. The first-order valence-electron chi connectivity index (χ1n) is 6.96. The highest BCUT2D eigenvalue weighted by Gasteiger charge is 2.24. The number of nitrogens with one attached hydrogen (secondary N) is 1. The maximum absolute atomic E-state index is 11.9. The van der Waals surface area contributed by atoms with Gasteiger partial charge in [-0.3, -0.25) is 10.1 Å². The van der Waals surface area contributed by atoms with Gasteiger partial charge in [0, 0.05) is 5.56 Å². The monoisotopic (exact) mass is 313 g/mol. The molecule has 0 spiro atoms. The summed E-state index contributed by atoms with van der Waals surface area (Å²) in [6.45, 7) is 1.87. The SMILES string of the molecule is Cc1ccc(C(=O)B(O)O)c(NC(=O)OCc2ccccc2)c1. The van der Waals surface area contributed by atoms with Crippen molar-refractivity contribution in [2.24, 2.45) is 0 Å². The van der Waals surface area contributed by atoms with Crippen LogP contribution in [-0.2, 0) is 11.3 Å². The Hall–Kier alpha value is -2.64. The zero-order valence-electron chi connectivity index (χ0n) is 12.5. The summed E-state index contributed by atoms with van der Waals surface area (Å²) in [5, 5.41) is 20.5. The van der Waals surface area contributed by atoms with E-state index in [2.05, 4.69) is 5.32 Å². The van der Waals surface area contributed by atoms with E-state index in [1.165, 1.54) is 6.07 Å². The number of ether oxygens (including phenoxy) is 1. The van der Waals surface area contributed by atoms with Gasteiger partial charge in [0.25, 0.3) is 0 Å². The van der Waals surface area contributed by atoms with Crippen LogP contribution in [0.4, 0.5) is 10.5 Å². The van der Waals surface area contributed by atoms with Gasteiger partial charge in [0.1, 0.15) is 6.61 Å². The number of anilines is 1. The molecule has 0 aliphatic rings. The Morgan fingerprint density at radius 2 is 1.83 bits per heavy atom. The molecule has 0 fully saturated rings. The molecule has 118 valence electrons. The number of carbonyl (C=O) groups excluding carboxylic acids is 2. The highest BCUT2D eigenvalue weighted by Crippen LogP contribution is 2.19.